The van der Waals surface area contributed by atoms with Gasteiger partial charge < -0.3 is 19.5 Å². The van der Waals surface area contributed by atoms with Crippen molar-refractivity contribution in [2.45, 2.75) is 38.4 Å². The predicted molar refractivity (Wildman–Crippen MR) is 81.9 cm³/mol. The minimum absolute atomic E-state index is 0.107. The summed E-state index contributed by atoms with van der Waals surface area (Å²) >= 11 is 0. The first-order chi connectivity index (χ1) is 10.7. The molecule has 0 aromatic carbocycles. The maximum atomic E-state index is 12.0. The number of β-amino-alcohol motifs (C(OH)–C–C–N with tert-alkyl or cyclic N) is 1. The van der Waals surface area contributed by atoms with Gasteiger partial charge in [-0.2, -0.15) is 0 Å². The fourth-order valence-corrected chi connectivity index (χ4v) is 2.16. The van der Waals surface area contributed by atoms with E-state index in [0.717, 1.165) is 0 Å². The molecule has 2 heterocycles. The third-order valence-electron chi connectivity index (χ3n) is 4.04. The Balaban J connectivity index is 1.99. The number of carbonyl (C=O) groups is 2. The van der Waals surface area contributed by atoms with E-state index in [4.69, 9.17) is 4.74 Å². The molecule has 1 amide bonds. The third kappa shape index (κ3) is 3.61. The molecule has 126 valence electrons. The van der Waals surface area contributed by atoms with Crippen LogP contribution in [0.25, 0.3) is 0 Å². The Morgan fingerprint density at radius 1 is 1.39 bits per heavy atom. The van der Waals surface area contributed by atoms with Crippen molar-refractivity contribution in [1.82, 2.24) is 9.88 Å². The van der Waals surface area contributed by atoms with Gasteiger partial charge in [0.05, 0.1) is 31.5 Å². The number of nitrogens with zero attached hydrogens (tertiary/aromatic N) is 2. The number of esters is 1. The van der Waals surface area contributed by atoms with Crippen molar-refractivity contribution < 1.29 is 24.2 Å². The summed E-state index contributed by atoms with van der Waals surface area (Å²) in [6.07, 6.45) is 1.60. The van der Waals surface area contributed by atoms with E-state index in [1.54, 1.807) is 6.07 Å². The van der Waals surface area contributed by atoms with E-state index in [-0.39, 0.29) is 13.1 Å². The summed E-state index contributed by atoms with van der Waals surface area (Å²) in [5.74, 6) is -0.489. The molecule has 1 aliphatic heterocycles. The van der Waals surface area contributed by atoms with Crippen LogP contribution < -0.4 is 0 Å². The largest absolute Gasteiger partial charge is 0.465 e. The second-order valence-electron chi connectivity index (χ2n) is 6.29. The van der Waals surface area contributed by atoms with E-state index in [9.17, 15) is 14.7 Å². The maximum Gasteiger partial charge on any atom is 0.410 e. The van der Waals surface area contributed by atoms with Crippen LogP contribution in [-0.2, 0) is 15.1 Å². The van der Waals surface area contributed by atoms with E-state index in [1.165, 1.54) is 24.3 Å². The quantitative estimate of drug-likeness (QED) is 0.849. The van der Waals surface area contributed by atoms with Gasteiger partial charge in [-0.25, -0.2) is 9.59 Å². The molecule has 23 heavy (non-hydrogen) atoms. The van der Waals surface area contributed by atoms with Crippen molar-refractivity contribution in [1.29, 1.82) is 0 Å². The molecule has 1 saturated heterocycles. The summed E-state index contributed by atoms with van der Waals surface area (Å²) in [6.45, 7) is 5.83. The number of amides is 1. The number of methoxy groups -OCH3 is 1. The SMILES string of the molecule is CCC(C)(C)OC(=O)N1CC(O)(c2ccc(C(=O)OC)cn2)C1. The molecule has 1 aliphatic rings. The van der Waals surface area contributed by atoms with Gasteiger partial charge in [0.2, 0.25) is 0 Å². The predicted octanol–water partition coefficient (Wildman–Crippen LogP) is 1.70. The van der Waals surface area contributed by atoms with Crippen molar-refractivity contribution in [3.8, 4) is 0 Å². The van der Waals surface area contributed by atoms with Gasteiger partial charge in [-0.3, -0.25) is 4.98 Å². The molecule has 0 spiro atoms. The Kier molecular flexibility index (Phi) is 4.61. The minimum Gasteiger partial charge on any atom is -0.465 e. The minimum atomic E-state index is -1.22. The topological polar surface area (TPSA) is 89.0 Å². The van der Waals surface area contributed by atoms with Gasteiger partial charge in [0.15, 0.2) is 0 Å². The van der Waals surface area contributed by atoms with Crippen LogP contribution in [0.3, 0.4) is 0 Å². The van der Waals surface area contributed by atoms with Crippen LogP contribution in [0.2, 0.25) is 0 Å². The smallest absolute Gasteiger partial charge is 0.410 e. The number of aliphatic hydroxyl groups is 1. The van der Waals surface area contributed by atoms with Crippen LogP contribution in [0.1, 0.15) is 43.2 Å². The molecule has 2 rings (SSSR count). The van der Waals surface area contributed by atoms with Crippen LogP contribution in [0.15, 0.2) is 18.3 Å². The van der Waals surface area contributed by atoms with Crippen molar-refractivity contribution in [3.63, 3.8) is 0 Å². The third-order valence-corrected chi connectivity index (χ3v) is 4.04. The van der Waals surface area contributed by atoms with Gasteiger partial charge in [-0.05, 0) is 32.4 Å². The standard InChI is InChI=1S/C16H22N2O5/c1-5-15(2,3)23-14(20)18-9-16(21,10-18)12-7-6-11(8-17-12)13(19)22-4/h6-8,21H,5,9-10H2,1-4H3. The van der Waals surface area contributed by atoms with Gasteiger partial charge in [0.25, 0.3) is 0 Å². The van der Waals surface area contributed by atoms with Crippen LogP contribution in [0, 0.1) is 0 Å². The molecule has 7 heteroatoms. The summed E-state index contributed by atoms with van der Waals surface area (Å²) in [7, 11) is 1.29. The number of pyridine rings is 1. The number of rotatable bonds is 4. The summed E-state index contributed by atoms with van der Waals surface area (Å²) in [5, 5.41) is 10.5. The Morgan fingerprint density at radius 2 is 2.04 bits per heavy atom. The number of likely N-dealkylation sites (tertiary alicyclic amines) is 1. The first-order valence-electron chi connectivity index (χ1n) is 7.46. The second kappa shape index (κ2) is 6.16. The molecule has 0 saturated carbocycles. The molecule has 1 N–H and O–H groups in total. The molecule has 1 fully saturated rings. The van der Waals surface area contributed by atoms with Gasteiger partial charge in [0.1, 0.15) is 11.2 Å². The zero-order chi connectivity index (χ0) is 17.3. The number of hydrogen-bond acceptors (Lipinski definition) is 6. The maximum absolute atomic E-state index is 12.0. The van der Waals surface area contributed by atoms with Crippen LogP contribution in [-0.4, -0.2) is 52.9 Å². The molecule has 0 radical (unpaired) electrons. The van der Waals surface area contributed by atoms with Crippen molar-refractivity contribution in [2.75, 3.05) is 20.2 Å². The first-order valence-corrected chi connectivity index (χ1v) is 7.46. The Bertz CT molecular complexity index is 591. The lowest BCUT2D eigenvalue weighted by Crippen LogP contribution is -2.62. The highest BCUT2D eigenvalue weighted by atomic mass is 16.6. The molecule has 0 bridgehead atoms. The van der Waals surface area contributed by atoms with Gasteiger partial charge in [-0.15, -0.1) is 0 Å². The zero-order valence-corrected chi connectivity index (χ0v) is 13.8. The lowest BCUT2D eigenvalue weighted by Gasteiger charge is -2.46. The van der Waals surface area contributed by atoms with E-state index in [1.807, 2.05) is 20.8 Å². The fraction of sp³-hybridized carbons (Fsp3) is 0.562. The van der Waals surface area contributed by atoms with Gasteiger partial charge >= 0.3 is 12.1 Å². The number of hydrogen-bond donors (Lipinski definition) is 1. The highest BCUT2D eigenvalue weighted by Gasteiger charge is 2.47. The lowest BCUT2D eigenvalue weighted by molar-refractivity contribution is -0.107. The molecule has 1 aromatic heterocycles. The molecular formula is C16H22N2O5. The molecular weight excluding hydrogens is 300 g/mol. The van der Waals surface area contributed by atoms with E-state index < -0.39 is 23.3 Å². The normalized spacial score (nSPS) is 16.5. The molecule has 1 aromatic rings. The van der Waals surface area contributed by atoms with Crippen molar-refractivity contribution >= 4 is 12.1 Å². The highest BCUT2D eigenvalue weighted by molar-refractivity contribution is 5.88. The Morgan fingerprint density at radius 3 is 2.52 bits per heavy atom. The number of aromatic nitrogens is 1. The Labute approximate surface area is 135 Å². The van der Waals surface area contributed by atoms with Gasteiger partial charge in [0, 0.05) is 6.20 Å². The number of carbonyl (C=O) groups excluding carboxylic acids is 2. The van der Waals surface area contributed by atoms with Crippen LogP contribution in [0.4, 0.5) is 4.79 Å². The summed E-state index contributed by atoms with van der Waals surface area (Å²) in [4.78, 5) is 28.9. The lowest BCUT2D eigenvalue weighted by atomic mass is 9.90. The zero-order valence-electron chi connectivity index (χ0n) is 13.8. The second-order valence-corrected chi connectivity index (χ2v) is 6.29. The molecule has 0 aliphatic carbocycles. The van der Waals surface area contributed by atoms with E-state index in [2.05, 4.69) is 9.72 Å². The average molecular weight is 322 g/mol. The average Bonchev–Trinajstić information content (AvgIpc) is 2.50. The first kappa shape index (κ1) is 17.2. The molecule has 0 atom stereocenters. The summed E-state index contributed by atoms with van der Waals surface area (Å²) < 4.78 is 9.98. The van der Waals surface area contributed by atoms with E-state index >= 15 is 0 Å². The molecule has 0 unspecified atom stereocenters. The van der Waals surface area contributed by atoms with Crippen LogP contribution in [0.5, 0.6) is 0 Å². The van der Waals surface area contributed by atoms with Crippen molar-refractivity contribution in [3.05, 3.63) is 29.6 Å². The monoisotopic (exact) mass is 322 g/mol. The van der Waals surface area contributed by atoms with Crippen molar-refractivity contribution in [2.24, 2.45) is 0 Å². The summed E-state index contributed by atoms with van der Waals surface area (Å²) in [5.41, 5.74) is -1.04. The Hall–Kier alpha value is -2.15. The number of ether oxygens (including phenoxy) is 2. The fourth-order valence-electron chi connectivity index (χ4n) is 2.16. The van der Waals surface area contributed by atoms with Gasteiger partial charge in [-0.1, -0.05) is 6.92 Å². The highest BCUT2D eigenvalue weighted by Crippen LogP contribution is 2.32. The van der Waals surface area contributed by atoms with Crippen LogP contribution >= 0.6 is 0 Å². The van der Waals surface area contributed by atoms with E-state index in [0.29, 0.717) is 17.7 Å². The summed E-state index contributed by atoms with van der Waals surface area (Å²) in [6, 6.07) is 3.10. The molecule has 7 nitrogen and oxygen atoms in total.